The highest BCUT2D eigenvalue weighted by atomic mass is 31.2. The molecule has 0 saturated heterocycles. The molecule has 0 rings (SSSR count). The Morgan fingerprint density at radius 2 is 1.32 bits per heavy atom. The molecule has 1 atom stereocenters. The Hall–Kier alpha value is -0.230. The molecule has 8 nitrogen and oxygen atoms in total. The normalized spacial score (nSPS) is 14.1. The summed E-state index contributed by atoms with van der Waals surface area (Å²) in [4.78, 5) is 51.2. The first-order valence-corrected chi connectivity index (χ1v) is 13.5. The van der Waals surface area contributed by atoms with Gasteiger partial charge >= 0.3 is 15.2 Å². The summed E-state index contributed by atoms with van der Waals surface area (Å²) in [5.74, 6) is -1.13. The summed E-state index contributed by atoms with van der Waals surface area (Å²) in [5.41, 5.74) is 0. The van der Waals surface area contributed by atoms with E-state index in [9.17, 15) is 33.5 Å². The first kappa shape index (κ1) is 27.8. The molecule has 1 unspecified atom stereocenters. The molecule has 0 aromatic heterocycles. The van der Waals surface area contributed by atoms with Crippen LogP contribution in [0.3, 0.4) is 0 Å². The molecule has 0 heterocycles. The van der Waals surface area contributed by atoms with Crippen molar-refractivity contribution in [1.82, 2.24) is 4.90 Å². The van der Waals surface area contributed by atoms with E-state index in [1.807, 2.05) is 6.92 Å². The third kappa shape index (κ3) is 7.23. The van der Waals surface area contributed by atoms with Crippen LogP contribution < -0.4 is 0 Å². The van der Waals surface area contributed by atoms with E-state index in [0.29, 0.717) is 12.8 Å². The van der Waals surface area contributed by atoms with E-state index in [2.05, 4.69) is 6.92 Å². The Balaban J connectivity index is 5.79. The van der Waals surface area contributed by atoms with E-state index >= 15 is 0 Å². The first-order chi connectivity index (χ1) is 12.9. The van der Waals surface area contributed by atoms with Gasteiger partial charge in [-0.2, -0.15) is 0 Å². The lowest BCUT2D eigenvalue weighted by atomic mass is 10.1. The number of hydrogen-bond acceptors (Lipinski definition) is 3. The minimum Gasteiger partial charge on any atom is -0.339 e. The van der Waals surface area contributed by atoms with E-state index in [1.165, 1.54) is 4.90 Å². The number of carbonyl (C=O) groups is 1. The smallest absolute Gasteiger partial charge is 0.339 e. The van der Waals surface area contributed by atoms with Crippen molar-refractivity contribution in [3.05, 3.63) is 0 Å². The summed E-state index contributed by atoms with van der Waals surface area (Å²) >= 11 is 0. The molecule has 168 valence electrons. The van der Waals surface area contributed by atoms with Crippen LogP contribution in [0, 0.1) is 0 Å². The van der Waals surface area contributed by atoms with Gasteiger partial charge in [0, 0.05) is 12.6 Å². The minimum absolute atomic E-state index is 0.129. The highest BCUT2D eigenvalue weighted by Crippen LogP contribution is 2.71. The average Bonchev–Trinajstić information content (AvgIpc) is 2.57. The third-order valence-corrected chi connectivity index (χ3v) is 9.61. The molecule has 0 bridgehead atoms. The van der Waals surface area contributed by atoms with Gasteiger partial charge < -0.3 is 24.5 Å². The Labute approximate surface area is 169 Å². The molecule has 0 aliphatic heterocycles. The molecule has 0 fully saturated rings. The van der Waals surface area contributed by atoms with Gasteiger partial charge in [0.2, 0.25) is 4.90 Å². The van der Waals surface area contributed by atoms with Gasteiger partial charge in [0.25, 0.3) is 5.91 Å². The number of hydrogen-bond donors (Lipinski definition) is 4. The van der Waals surface area contributed by atoms with E-state index in [4.69, 9.17) is 0 Å². The lowest BCUT2D eigenvalue weighted by Crippen LogP contribution is -2.51. The van der Waals surface area contributed by atoms with Crippen molar-refractivity contribution < 1.29 is 33.5 Å². The molecular weight excluding hydrogens is 404 g/mol. The maximum atomic E-state index is 13.2. The van der Waals surface area contributed by atoms with E-state index in [1.54, 1.807) is 13.8 Å². The molecule has 0 aromatic carbocycles. The maximum Gasteiger partial charge on any atom is 0.353 e. The van der Waals surface area contributed by atoms with Crippen LogP contribution in [0.1, 0.15) is 91.9 Å². The SMILES string of the molecule is CCCCCCC(C)N(CC)C(=O)C(CCCCCC)(P(=O)(O)O)P(=O)(O)O. The van der Waals surface area contributed by atoms with Gasteiger partial charge in [-0.15, -0.1) is 0 Å². The van der Waals surface area contributed by atoms with Crippen LogP contribution in [0.15, 0.2) is 0 Å². The predicted molar refractivity (Wildman–Crippen MR) is 111 cm³/mol. The molecule has 28 heavy (non-hydrogen) atoms. The Morgan fingerprint density at radius 3 is 1.71 bits per heavy atom. The van der Waals surface area contributed by atoms with Gasteiger partial charge in [-0.05, 0) is 26.7 Å². The van der Waals surface area contributed by atoms with Gasteiger partial charge in [-0.3, -0.25) is 13.9 Å². The van der Waals surface area contributed by atoms with Crippen LogP contribution in [0.4, 0.5) is 0 Å². The summed E-state index contributed by atoms with van der Waals surface area (Å²) in [6.45, 7) is 7.57. The van der Waals surface area contributed by atoms with E-state index in [0.717, 1.165) is 38.5 Å². The highest BCUT2D eigenvalue weighted by Gasteiger charge is 2.66. The van der Waals surface area contributed by atoms with E-state index in [-0.39, 0.29) is 19.0 Å². The molecule has 0 aromatic rings. The van der Waals surface area contributed by atoms with Crippen LogP contribution in [-0.4, -0.2) is 47.9 Å². The third-order valence-electron chi connectivity index (χ3n) is 5.29. The number of nitrogens with zero attached hydrogens (tertiary/aromatic N) is 1. The molecule has 1 amide bonds. The Kier molecular flexibility index (Phi) is 12.4. The quantitative estimate of drug-likeness (QED) is 0.220. The van der Waals surface area contributed by atoms with Crippen molar-refractivity contribution >= 4 is 21.1 Å². The van der Waals surface area contributed by atoms with Gasteiger partial charge in [-0.1, -0.05) is 65.2 Å². The van der Waals surface area contributed by atoms with Crippen LogP contribution >= 0.6 is 15.2 Å². The van der Waals surface area contributed by atoms with Crippen molar-refractivity contribution in [1.29, 1.82) is 0 Å². The van der Waals surface area contributed by atoms with Crippen molar-refractivity contribution in [3.8, 4) is 0 Å². The fourth-order valence-electron chi connectivity index (χ4n) is 3.52. The number of carbonyl (C=O) groups excluding carboxylic acids is 1. The van der Waals surface area contributed by atoms with Gasteiger partial charge in [0.15, 0.2) is 0 Å². The fourth-order valence-corrected chi connectivity index (χ4v) is 6.53. The van der Waals surface area contributed by atoms with Gasteiger partial charge in [-0.25, -0.2) is 0 Å². The lowest BCUT2D eigenvalue weighted by Gasteiger charge is -2.39. The monoisotopic (exact) mass is 443 g/mol. The molecule has 10 heteroatoms. The fraction of sp³-hybridized carbons (Fsp3) is 0.944. The van der Waals surface area contributed by atoms with Crippen molar-refractivity contribution in [2.45, 2.75) is 103 Å². The summed E-state index contributed by atoms with van der Waals surface area (Å²) in [6.07, 6.45) is 6.34. The van der Waals surface area contributed by atoms with Crippen molar-refractivity contribution in [3.63, 3.8) is 0 Å². The second-order valence-corrected chi connectivity index (χ2v) is 11.6. The predicted octanol–water partition coefficient (Wildman–Crippen LogP) is 4.22. The summed E-state index contributed by atoms with van der Waals surface area (Å²) in [7, 11) is -10.9. The standard InChI is InChI=1S/C18H39NO7P2/c1-5-8-10-12-14-16(4)19(7-3)17(20)18(27(21,22)23,28(24,25)26)15-13-11-9-6-2/h16H,5-15H2,1-4H3,(H2,21,22,23)(H2,24,25,26). The van der Waals surface area contributed by atoms with Crippen LogP contribution in [0.5, 0.6) is 0 Å². The highest BCUT2D eigenvalue weighted by molar-refractivity contribution is 7.74. The molecule has 0 aliphatic carbocycles. The van der Waals surface area contributed by atoms with Crippen LogP contribution in [0.25, 0.3) is 0 Å². The Bertz CT molecular complexity index is 536. The van der Waals surface area contributed by atoms with E-state index < -0.39 is 32.4 Å². The average molecular weight is 443 g/mol. The van der Waals surface area contributed by atoms with Crippen molar-refractivity contribution in [2.75, 3.05) is 6.54 Å². The summed E-state index contributed by atoms with van der Waals surface area (Å²) in [6, 6.07) is -0.359. The molecule has 0 saturated carbocycles. The summed E-state index contributed by atoms with van der Waals surface area (Å²) in [5, 5.41) is 0. The second-order valence-electron chi connectivity index (χ2n) is 7.50. The number of rotatable bonds is 15. The van der Waals surface area contributed by atoms with Crippen molar-refractivity contribution in [2.24, 2.45) is 0 Å². The molecule has 4 N–H and O–H groups in total. The van der Waals surface area contributed by atoms with Crippen LogP contribution in [0.2, 0.25) is 0 Å². The summed E-state index contributed by atoms with van der Waals surface area (Å²) < 4.78 is 24.6. The topological polar surface area (TPSA) is 135 Å². The molecule has 0 aliphatic rings. The zero-order chi connectivity index (χ0) is 22.0. The lowest BCUT2D eigenvalue weighted by molar-refractivity contribution is -0.134. The van der Waals surface area contributed by atoms with Crippen LogP contribution in [-0.2, 0) is 13.9 Å². The minimum atomic E-state index is -5.43. The van der Waals surface area contributed by atoms with Gasteiger partial charge in [0.05, 0.1) is 0 Å². The maximum absolute atomic E-state index is 13.2. The molecule has 0 radical (unpaired) electrons. The number of unbranched alkanes of at least 4 members (excludes halogenated alkanes) is 6. The largest absolute Gasteiger partial charge is 0.353 e. The zero-order valence-corrected chi connectivity index (χ0v) is 19.5. The molecule has 0 spiro atoms. The zero-order valence-electron chi connectivity index (χ0n) is 17.7. The molecular formula is C18H39NO7P2. The Morgan fingerprint density at radius 1 is 0.857 bits per heavy atom. The number of amides is 1. The second kappa shape index (κ2) is 12.5. The first-order valence-electron chi connectivity index (χ1n) is 10.3. The van der Waals surface area contributed by atoms with Gasteiger partial charge in [0.1, 0.15) is 0 Å².